The molecule has 0 aliphatic carbocycles. The molecular formula is C19H21FN3O2S+. The normalized spacial score (nSPS) is 21.0. The second-order valence-corrected chi connectivity index (χ2v) is 7.52. The summed E-state index contributed by atoms with van der Waals surface area (Å²) >= 11 is 1.62. The highest BCUT2D eigenvalue weighted by Gasteiger charge is 2.35. The van der Waals surface area contributed by atoms with Crippen LogP contribution in [0.15, 0.2) is 46.9 Å². The van der Waals surface area contributed by atoms with Crippen LogP contribution in [0.5, 0.6) is 0 Å². The third kappa shape index (κ3) is 3.70. The fourth-order valence-corrected chi connectivity index (χ4v) is 4.13. The minimum absolute atomic E-state index is 0.00258. The molecule has 2 aliphatic rings. The van der Waals surface area contributed by atoms with Crippen molar-refractivity contribution in [1.82, 2.24) is 5.01 Å². The number of amides is 1. The van der Waals surface area contributed by atoms with E-state index in [-0.39, 0.29) is 17.8 Å². The van der Waals surface area contributed by atoms with E-state index in [9.17, 15) is 9.18 Å². The Morgan fingerprint density at radius 1 is 1.27 bits per heavy atom. The van der Waals surface area contributed by atoms with Crippen molar-refractivity contribution < 1.29 is 18.8 Å². The number of hydrazone groups is 1. The number of hydrogen-bond acceptors (Lipinski definition) is 4. The van der Waals surface area contributed by atoms with Gasteiger partial charge in [-0.25, -0.2) is 9.40 Å². The number of carbonyl (C=O) groups is 1. The van der Waals surface area contributed by atoms with Crippen LogP contribution in [0.2, 0.25) is 0 Å². The van der Waals surface area contributed by atoms with Crippen LogP contribution in [0, 0.1) is 5.82 Å². The van der Waals surface area contributed by atoms with Gasteiger partial charge in [-0.05, 0) is 29.1 Å². The highest BCUT2D eigenvalue weighted by Crippen LogP contribution is 2.33. The molecule has 136 valence electrons. The Bertz CT molecular complexity index is 786. The molecule has 7 heteroatoms. The molecule has 26 heavy (non-hydrogen) atoms. The summed E-state index contributed by atoms with van der Waals surface area (Å²) in [6.45, 7) is 3.45. The van der Waals surface area contributed by atoms with Gasteiger partial charge in [0.05, 0.1) is 29.8 Å². The molecule has 1 aromatic heterocycles. The number of thiophene rings is 1. The van der Waals surface area contributed by atoms with Gasteiger partial charge in [-0.1, -0.05) is 18.2 Å². The molecule has 0 bridgehead atoms. The van der Waals surface area contributed by atoms with Gasteiger partial charge in [-0.15, -0.1) is 11.3 Å². The van der Waals surface area contributed by atoms with Gasteiger partial charge in [0.2, 0.25) is 0 Å². The molecule has 1 N–H and O–H groups in total. The van der Waals surface area contributed by atoms with E-state index in [1.54, 1.807) is 28.5 Å². The zero-order valence-electron chi connectivity index (χ0n) is 14.4. The number of benzene rings is 1. The summed E-state index contributed by atoms with van der Waals surface area (Å²) in [6, 6.07) is 10.2. The molecule has 2 aliphatic heterocycles. The van der Waals surface area contributed by atoms with E-state index in [0.717, 1.165) is 29.2 Å². The lowest BCUT2D eigenvalue weighted by molar-refractivity contribution is -0.900. The predicted molar refractivity (Wildman–Crippen MR) is 97.8 cm³/mol. The molecule has 1 atom stereocenters. The molecular weight excluding hydrogens is 353 g/mol. The summed E-state index contributed by atoms with van der Waals surface area (Å²) in [5, 5.41) is 8.26. The Hall–Kier alpha value is -2.09. The second kappa shape index (κ2) is 7.65. The lowest BCUT2D eigenvalue weighted by atomic mass is 10.0. The fourth-order valence-electron chi connectivity index (χ4n) is 3.41. The van der Waals surface area contributed by atoms with Gasteiger partial charge in [-0.2, -0.15) is 5.10 Å². The van der Waals surface area contributed by atoms with E-state index in [1.807, 2.05) is 17.5 Å². The van der Waals surface area contributed by atoms with Crippen LogP contribution in [0.1, 0.15) is 22.9 Å². The Labute approximate surface area is 155 Å². The lowest BCUT2D eigenvalue weighted by Gasteiger charge is -2.27. The SMILES string of the molecule is O=C(C[NH+]1CCOCC1)N1N=C(c2cccs2)C[C@H]1c1ccc(F)cc1. The number of nitrogens with one attached hydrogen (secondary N) is 1. The maximum absolute atomic E-state index is 13.3. The Kier molecular flexibility index (Phi) is 5.10. The average Bonchev–Trinajstić information content (AvgIpc) is 3.33. The first-order chi connectivity index (χ1) is 12.7. The van der Waals surface area contributed by atoms with Gasteiger partial charge < -0.3 is 9.64 Å². The zero-order valence-corrected chi connectivity index (χ0v) is 15.2. The minimum atomic E-state index is -0.276. The maximum atomic E-state index is 13.3. The highest BCUT2D eigenvalue weighted by molar-refractivity contribution is 7.12. The average molecular weight is 374 g/mol. The number of morpholine rings is 1. The molecule has 3 heterocycles. The summed E-state index contributed by atoms with van der Waals surface area (Å²) in [6.07, 6.45) is 0.649. The van der Waals surface area contributed by atoms with Crippen molar-refractivity contribution in [2.75, 3.05) is 32.8 Å². The molecule has 1 fully saturated rings. The molecule has 2 aromatic rings. The van der Waals surface area contributed by atoms with Crippen molar-refractivity contribution in [3.8, 4) is 0 Å². The van der Waals surface area contributed by atoms with Crippen LogP contribution in [-0.4, -0.2) is 49.5 Å². The number of quaternary nitrogens is 1. The first kappa shape index (κ1) is 17.3. The summed E-state index contributed by atoms with van der Waals surface area (Å²) in [5.41, 5.74) is 1.83. The van der Waals surface area contributed by atoms with Crippen molar-refractivity contribution in [3.05, 3.63) is 58.0 Å². The smallest absolute Gasteiger partial charge is 0.298 e. The Morgan fingerprint density at radius 2 is 2.04 bits per heavy atom. The first-order valence-electron chi connectivity index (χ1n) is 8.81. The van der Waals surface area contributed by atoms with Crippen LogP contribution >= 0.6 is 11.3 Å². The standard InChI is InChI=1S/C19H20FN3O2S/c20-15-5-3-14(4-6-15)17-12-16(18-2-1-11-26-18)21-23(17)19(24)13-22-7-9-25-10-8-22/h1-6,11,17H,7-10,12-13H2/p+1/t17-/m0/s1. The summed E-state index contributed by atoms with van der Waals surface area (Å²) in [7, 11) is 0. The van der Waals surface area contributed by atoms with Crippen molar-refractivity contribution in [1.29, 1.82) is 0 Å². The minimum Gasteiger partial charge on any atom is -0.370 e. The van der Waals surface area contributed by atoms with E-state index in [1.165, 1.54) is 17.0 Å². The molecule has 0 spiro atoms. The quantitative estimate of drug-likeness (QED) is 0.881. The number of carbonyl (C=O) groups excluding carboxylic acids is 1. The van der Waals surface area contributed by atoms with E-state index >= 15 is 0 Å². The lowest BCUT2D eigenvalue weighted by Crippen LogP contribution is -3.15. The van der Waals surface area contributed by atoms with Gasteiger partial charge in [-0.3, -0.25) is 4.79 Å². The van der Waals surface area contributed by atoms with Gasteiger partial charge in [0, 0.05) is 6.42 Å². The van der Waals surface area contributed by atoms with Gasteiger partial charge in [0.1, 0.15) is 18.9 Å². The number of ether oxygens (including phenoxy) is 1. The monoisotopic (exact) mass is 374 g/mol. The zero-order chi connectivity index (χ0) is 17.9. The third-order valence-electron chi connectivity index (χ3n) is 4.83. The first-order valence-corrected chi connectivity index (χ1v) is 9.69. The molecule has 4 rings (SSSR count). The molecule has 1 saturated heterocycles. The van der Waals surface area contributed by atoms with Crippen molar-refractivity contribution in [3.63, 3.8) is 0 Å². The third-order valence-corrected chi connectivity index (χ3v) is 5.75. The summed E-state index contributed by atoms with van der Waals surface area (Å²) < 4.78 is 18.7. The van der Waals surface area contributed by atoms with Gasteiger partial charge in [0.25, 0.3) is 5.91 Å². The molecule has 5 nitrogen and oxygen atoms in total. The van der Waals surface area contributed by atoms with Gasteiger partial charge in [0.15, 0.2) is 6.54 Å². The van der Waals surface area contributed by atoms with E-state index in [4.69, 9.17) is 4.74 Å². The number of halogens is 1. The second-order valence-electron chi connectivity index (χ2n) is 6.57. The summed E-state index contributed by atoms with van der Waals surface area (Å²) in [4.78, 5) is 15.3. The summed E-state index contributed by atoms with van der Waals surface area (Å²) in [5.74, 6) is -0.274. The maximum Gasteiger partial charge on any atom is 0.298 e. The van der Waals surface area contributed by atoms with Crippen LogP contribution in [-0.2, 0) is 9.53 Å². The van der Waals surface area contributed by atoms with Crippen molar-refractivity contribution in [2.24, 2.45) is 5.10 Å². The van der Waals surface area contributed by atoms with Gasteiger partial charge >= 0.3 is 0 Å². The fraction of sp³-hybridized carbons (Fsp3) is 0.368. The molecule has 1 amide bonds. The number of rotatable bonds is 4. The van der Waals surface area contributed by atoms with Crippen LogP contribution < -0.4 is 4.90 Å². The van der Waals surface area contributed by atoms with Crippen molar-refractivity contribution in [2.45, 2.75) is 12.5 Å². The van der Waals surface area contributed by atoms with E-state index < -0.39 is 0 Å². The molecule has 0 radical (unpaired) electrons. The molecule has 0 saturated carbocycles. The Balaban J connectivity index is 1.57. The molecule has 1 aromatic carbocycles. The largest absolute Gasteiger partial charge is 0.370 e. The van der Waals surface area contributed by atoms with Crippen LogP contribution in [0.3, 0.4) is 0 Å². The van der Waals surface area contributed by atoms with E-state index in [2.05, 4.69) is 5.10 Å². The Morgan fingerprint density at radius 3 is 2.73 bits per heavy atom. The van der Waals surface area contributed by atoms with Crippen molar-refractivity contribution >= 4 is 23.0 Å². The van der Waals surface area contributed by atoms with E-state index in [0.29, 0.717) is 26.2 Å². The highest BCUT2D eigenvalue weighted by atomic mass is 32.1. The number of hydrogen-bond donors (Lipinski definition) is 1. The van der Waals surface area contributed by atoms with Crippen LogP contribution in [0.25, 0.3) is 0 Å². The molecule has 0 unspecified atom stereocenters. The van der Waals surface area contributed by atoms with Crippen LogP contribution in [0.4, 0.5) is 4.39 Å². The number of nitrogens with zero attached hydrogens (tertiary/aromatic N) is 2. The topological polar surface area (TPSA) is 46.3 Å². The predicted octanol–water partition coefficient (Wildman–Crippen LogP) is 1.48.